The Morgan fingerprint density at radius 1 is 1.08 bits per heavy atom. The highest BCUT2D eigenvalue weighted by Gasteiger charge is 2.24. The molecule has 36 heavy (non-hydrogen) atoms. The number of nitrogens with one attached hydrogen (secondary N) is 2. The van der Waals surface area contributed by atoms with Gasteiger partial charge in [0.25, 0.3) is 0 Å². The van der Waals surface area contributed by atoms with Crippen LogP contribution in [0, 0.1) is 17.0 Å². The zero-order valence-electron chi connectivity index (χ0n) is 20.6. The van der Waals surface area contributed by atoms with Crippen LogP contribution in [0.4, 0.5) is 8.78 Å². The highest BCUT2D eigenvalue weighted by atomic mass is 19.1. The van der Waals surface area contributed by atoms with E-state index in [2.05, 4.69) is 69.8 Å². The number of hydrogen-bond acceptors (Lipinski definition) is 6. The topological polar surface area (TPSA) is 105 Å². The fourth-order valence-electron chi connectivity index (χ4n) is 4.35. The van der Waals surface area contributed by atoms with E-state index in [1.165, 1.54) is 28.7 Å². The van der Waals surface area contributed by atoms with Gasteiger partial charge in [0.15, 0.2) is 0 Å². The summed E-state index contributed by atoms with van der Waals surface area (Å²) in [5, 5.41) is 25.6. The zero-order chi connectivity index (χ0) is 25.7. The maximum atomic E-state index is 13.7. The van der Waals surface area contributed by atoms with Gasteiger partial charge in [-0.2, -0.15) is 0 Å². The molecule has 0 aliphatic carbocycles. The van der Waals surface area contributed by atoms with Gasteiger partial charge in [-0.1, -0.05) is 39.0 Å². The second-order valence-electron chi connectivity index (χ2n) is 10.2. The zero-order valence-corrected chi connectivity index (χ0v) is 20.6. The molecule has 2 aromatic carbocycles. The van der Waals surface area contributed by atoms with Crippen molar-refractivity contribution in [1.82, 2.24) is 35.5 Å². The Hall–Kier alpha value is -3.50. The minimum Gasteiger partial charge on any atom is -0.390 e. The quantitative estimate of drug-likeness (QED) is 0.309. The molecular weight excluding hydrogens is 464 g/mol. The minimum atomic E-state index is -0.926. The van der Waals surface area contributed by atoms with Gasteiger partial charge in [-0.3, -0.25) is 0 Å². The number of aliphatic hydroxyl groups is 1. The number of aromatic amines is 1. The second kappa shape index (κ2) is 11.0. The number of halogens is 2. The standard InChI is InChI=1S/C26H31F2N7O/c1-26(2,3)13-17-4-5-22(25-30-6-7-31-25)19(8-17)14-29-15-24(36)23(35-16-32-33-34-35)11-18-9-20(27)12-21(28)10-18/h4-10,12,16,23-24,29,36H,11,13-15H2,1-3H3,(H,30,31). The first-order chi connectivity index (χ1) is 17.2. The van der Waals surface area contributed by atoms with Crippen molar-refractivity contribution in [3.63, 3.8) is 0 Å². The van der Waals surface area contributed by atoms with Crippen LogP contribution in [0.15, 0.2) is 55.1 Å². The maximum Gasteiger partial charge on any atom is 0.138 e. The van der Waals surface area contributed by atoms with Gasteiger partial charge in [0.05, 0.1) is 12.1 Å². The van der Waals surface area contributed by atoms with Gasteiger partial charge in [0.2, 0.25) is 0 Å². The number of imidazole rings is 1. The molecule has 2 aromatic heterocycles. The molecule has 0 saturated heterocycles. The Balaban J connectivity index is 1.49. The highest BCUT2D eigenvalue weighted by Crippen LogP contribution is 2.26. The fraction of sp³-hybridized carbons (Fsp3) is 0.385. The van der Waals surface area contributed by atoms with Crippen molar-refractivity contribution < 1.29 is 13.9 Å². The maximum absolute atomic E-state index is 13.7. The van der Waals surface area contributed by atoms with Gasteiger partial charge in [-0.05, 0) is 57.5 Å². The van der Waals surface area contributed by atoms with Crippen molar-refractivity contribution in [2.75, 3.05) is 6.54 Å². The lowest BCUT2D eigenvalue weighted by molar-refractivity contribution is 0.102. The summed E-state index contributed by atoms with van der Waals surface area (Å²) in [4.78, 5) is 7.56. The van der Waals surface area contributed by atoms with E-state index in [0.717, 1.165) is 29.4 Å². The Morgan fingerprint density at radius 2 is 1.86 bits per heavy atom. The lowest BCUT2D eigenvalue weighted by Gasteiger charge is -2.23. The summed E-state index contributed by atoms with van der Waals surface area (Å²) in [5.41, 5.74) is 3.79. The molecule has 0 fully saturated rings. The first-order valence-corrected chi connectivity index (χ1v) is 11.9. The molecule has 2 heterocycles. The summed E-state index contributed by atoms with van der Waals surface area (Å²) in [6.07, 6.45) is 5.03. The van der Waals surface area contributed by atoms with E-state index in [9.17, 15) is 13.9 Å². The second-order valence-corrected chi connectivity index (χ2v) is 10.2. The smallest absolute Gasteiger partial charge is 0.138 e. The molecule has 4 rings (SSSR count). The van der Waals surface area contributed by atoms with Crippen LogP contribution in [-0.2, 0) is 19.4 Å². The lowest BCUT2D eigenvalue weighted by Crippen LogP contribution is -2.36. The number of nitrogens with zero attached hydrogens (tertiary/aromatic N) is 5. The van der Waals surface area contributed by atoms with Crippen LogP contribution in [0.1, 0.15) is 43.5 Å². The molecule has 2 unspecified atom stereocenters. The molecule has 0 bridgehead atoms. The van der Waals surface area contributed by atoms with E-state index in [0.29, 0.717) is 12.1 Å². The van der Waals surface area contributed by atoms with Crippen molar-refractivity contribution in [3.8, 4) is 11.4 Å². The summed E-state index contributed by atoms with van der Waals surface area (Å²) in [6.45, 7) is 7.30. The molecule has 10 heteroatoms. The van der Waals surface area contributed by atoms with Gasteiger partial charge in [-0.15, -0.1) is 5.10 Å². The minimum absolute atomic E-state index is 0.141. The Labute approximate surface area is 208 Å². The molecule has 0 spiro atoms. The first-order valence-electron chi connectivity index (χ1n) is 11.9. The van der Waals surface area contributed by atoms with Crippen molar-refractivity contribution in [1.29, 1.82) is 0 Å². The number of tetrazole rings is 1. The summed E-state index contributed by atoms with van der Waals surface area (Å²) < 4.78 is 28.9. The normalized spacial score (nSPS) is 13.6. The fourth-order valence-corrected chi connectivity index (χ4v) is 4.35. The van der Waals surface area contributed by atoms with Crippen molar-refractivity contribution in [2.24, 2.45) is 5.41 Å². The van der Waals surface area contributed by atoms with E-state index < -0.39 is 23.8 Å². The van der Waals surface area contributed by atoms with E-state index in [1.54, 1.807) is 12.4 Å². The largest absolute Gasteiger partial charge is 0.390 e. The van der Waals surface area contributed by atoms with Crippen molar-refractivity contribution >= 4 is 0 Å². The first kappa shape index (κ1) is 25.6. The third-order valence-corrected chi connectivity index (χ3v) is 5.84. The third kappa shape index (κ3) is 6.79. The van der Waals surface area contributed by atoms with Crippen LogP contribution in [0.25, 0.3) is 11.4 Å². The van der Waals surface area contributed by atoms with Gasteiger partial charge in [0, 0.05) is 37.1 Å². The summed E-state index contributed by atoms with van der Waals surface area (Å²) in [5.74, 6) is -0.572. The molecular formula is C26H31F2N7O. The van der Waals surface area contributed by atoms with Crippen LogP contribution in [0.2, 0.25) is 0 Å². The van der Waals surface area contributed by atoms with Gasteiger partial charge in [-0.25, -0.2) is 18.4 Å². The third-order valence-electron chi connectivity index (χ3n) is 5.84. The number of benzene rings is 2. The predicted molar refractivity (Wildman–Crippen MR) is 132 cm³/mol. The van der Waals surface area contributed by atoms with Gasteiger partial charge in [0.1, 0.15) is 23.8 Å². The SMILES string of the molecule is CC(C)(C)Cc1ccc(-c2ncc[nH]2)c(CNCC(O)C(Cc2cc(F)cc(F)c2)n2cnnn2)c1. The number of hydrogen-bond donors (Lipinski definition) is 3. The molecule has 4 aromatic rings. The average molecular weight is 496 g/mol. The molecule has 0 aliphatic rings. The van der Waals surface area contributed by atoms with E-state index in [-0.39, 0.29) is 18.4 Å². The van der Waals surface area contributed by atoms with Gasteiger partial charge >= 0.3 is 0 Å². The van der Waals surface area contributed by atoms with Gasteiger partial charge < -0.3 is 15.4 Å². The van der Waals surface area contributed by atoms with Crippen LogP contribution in [-0.4, -0.2) is 47.9 Å². The Bertz CT molecular complexity index is 1230. The van der Waals surface area contributed by atoms with Crippen LogP contribution >= 0.6 is 0 Å². The number of rotatable bonds is 10. The highest BCUT2D eigenvalue weighted by molar-refractivity contribution is 5.61. The predicted octanol–water partition coefficient (Wildman–Crippen LogP) is 3.86. The van der Waals surface area contributed by atoms with E-state index in [4.69, 9.17) is 0 Å². The van der Waals surface area contributed by atoms with Crippen LogP contribution < -0.4 is 5.32 Å². The van der Waals surface area contributed by atoms with Crippen molar-refractivity contribution in [3.05, 3.63) is 83.4 Å². The van der Waals surface area contributed by atoms with Crippen molar-refractivity contribution in [2.45, 2.75) is 52.3 Å². The summed E-state index contributed by atoms with van der Waals surface area (Å²) in [6, 6.07) is 9.04. The molecule has 0 aliphatic heterocycles. The van der Waals surface area contributed by atoms with Crippen LogP contribution in [0.3, 0.4) is 0 Å². The molecule has 2 atom stereocenters. The average Bonchev–Trinajstić information content (AvgIpc) is 3.50. The molecule has 0 radical (unpaired) electrons. The van der Waals surface area contributed by atoms with E-state index in [1.807, 2.05) is 0 Å². The lowest BCUT2D eigenvalue weighted by atomic mass is 9.87. The number of aliphatic hydroxyl groups excluding tert-OH is 1. The molecule has 8 nitrogen and oxygen atoms in total. The number of aromatic nitrogens is 6. The Morgan fingerprint density at radius 3 is 2.50 bits per heavy atom. The van der Waals surface area contributed by atoms with Crippen LogP contribution in [0.5, 0.6) is 0 Å². The Kier molecular flexibility index (Phi) is 7.85. The molecule has 0 amide bonds. The summed E-state index contributed by atoms with van der Waals surface area (Å²) in [7, 11) is 0. The monoisotopic (exact) mass is 495 g/mol. The molecule has 0 saturated carbocycles. The summed E-state index contributed by atoms with van der Waals surface area (Å²) >= 11 is 0. The molecule has 3 N–H and O–H groups in total. The number of H-pyrrole nitrogens is 1. The van der Waals surface area contributed by atoms with E-state index >= 15 is 0 Å². The molecule has 190 valence electrons.